The molecule has 0 radical (unpaired) electrons. The first-order valence-electron chi connectivity index (χ1n) is 6.56. The fourth-order valence-electron chi connectivity index (χ4n) is 1.82. The molecule has 8 heteroatoms. The summed E-state index contributed by atoms with van der Waals surface area (Å²) in [4.78, 5) is 0.114. The first-order chi connectivity index (χ1) is 9.23. The number of rotatable bonds is 8. The summed E-state index contributed by atoms with van der Waals surface area (Å²) in [7, 11) is -3.38. The Balaban J connectivity index is 2.85. The number of aliphatic hydroxyl groups is 1. The Morgan fingerprint density at radius 1 is 1.45 bits per heavy atom. The topological polar surface area (TPSA) is 105 Å². The van der Waals surface area contributed by atoms with Crippen LogP contribution in [-0.2, 0) is 9.84 Å². The van der Waals surface area contributed by atoms with Crippen molar-refractivity contribution in [1.29, 1.82) is 0 Å². The van der Waals surface area contributed by atoms with Crippen LogP contribution in [0.2, 0.25) is 0 Å². The maximum atomic E-state index is 12.0. The quantitative estimate of drug-likeness (QED) is 0.673. The van der Waals surface area contributed by atoms with Gasteiger partial charge in [-0.25, -0.2) is 8.42 Å². The van der Waals surface area contributed by atoms with Gasteiger partial charge in [0.25, 0.3) is 0 Å². The van der Waals surface area contributed by atoms with Crippen molar-refractivity contribution in [3.05, 3.63) is 0 Å². The van der Waals surface area contributed by atoms with E-state index in [0.29, 0.717) is 11.5 Å². The summed E-state index contributed by atoms with van der Waals surface area (Å²) in [5.74, 6) is 0.0607. The molecule has 0 aliphatic heterocycles. The van der Waals surface area contributed by atoms with Crippen LogP contribution < -0.4 is 11.1 Å². The molecule has 0 saturated heterocycles. The summed E-state index contributed by atoms with van der Waals surface area (Å²) in [6.45, 7) is 6.47. The monoisotopic (exact) mass is 321 g/mol. The predicted octanol–water partition coefficient (Wildman–Crippen LogP) is 1.73. The van der Waals surface area contributed by atoms with Gasteiger partial charge in [-0.2, -0.15) is 4.37 Å². The van der Waals surface area contributed by atoms with Crippen LogP contribution >= 0.6 is 11.5 Å². The van der Waals surface area contributed by atoms with Gasteiger partial charge in [0.2, 0.25) is 0 Å². The first-order valence-corrected chi connectivity index (χ1v) is 8.98. The van der Waals surface area contributed by atoms with E-state index in [4.69, 9.17) is 10.8 Å². The van der Waals surface area contributed by atoms with Crippen molar-refractivity contribution >= 4 is 32.2 Å². The Labute approximate surface area is 124 Å². The molecule has 0 atom stereocenters. The maximum Gasteiger partial charge on any atom is 0.184 e. The molecule has 4 N–H and O–H groups in total. The lowest BCUT2D eigenvalue weighted by Crippen LogP contribution is -2.23. The van der Waals surface area contributed by atoms with E-state index < -0.39 is 9.84 Å². The number of nitrogens with two attached hydrogens (primary N) is 1. The molecule has 0 aliphatic rings. The van der Waals surface area contributed by atoms with Crippen LogP contribution in [0.15, 0.2) is 4.90 Å². The van der Waals surface area contributed by atoms with Crippen LogP contribution in [0.25, 0.3) is 0 Å². The van der Waals surface area contributed by atoms with Gasteiger partial charge in [0, 0.05) is 13.2 Å². The number of aromatic nitrogens is 1. The van der Waals surface area contributed by atoms with Crippen LogP contribution in [0, 0.1) is 5.41 Å². The number of nitrogens with one attached hydrogen (secondary N) is 1. The molecular weight excluding hydrogens is 298 g/mol. The second-order valence-electron chi connectivity index (χ2n) is 5.47. The van der Waals surface area contributed by atoms with Gasteiger partial charge in [-0.05, 0) is 29.8 Å². The van der Waals surface area contributed by atoms with Crippen molar-refractivity contribution in [3.63, 3.8) is 0 Å². The smallest absolute Gasteiger partial charge is 0.184 e. The van der Waals surface area contributed by atoms with Crippen LogP contribution in [0.4, 0.5) is 10.8 Å². The second kappa shape index (κ2) is 6.73. The molecule has 6 nitrogen and oxygen atoms in total. The van der Waals surface area contributed by atoms with Gasteiger partial charge in [-0.3, -0.25) is 0 Å². The van der Waals surface area contributed by atoms with Crippen molar-refractivity contribution in [3.8, 4) is 0 Å². The Bertz CT molecular complexity index is 538. The van der Waals surface area contributed by atoms with Gasteiger partial charge in [-0.1, -0.05) is 20.8 Å². The van der Waals surface area contributed by atoms with Crippen LogP contribution in [0.1, 0.15) is 33.6 Å². The molecule has 1 aromatic heterocycles. The fourth-order valence-corrected chi connectivity index (χ4v) is 3.98. The molecule has 1 rings (SSSR count). The third kappa shape index (κ3) is 4.32. The maximum absolute atomic E-state index is 12.0. The number of hydrogen-bond donors (Lipinski definition) is 3. The molecule has 0 aliphatic carbocycles. The van der Waals surface area contributed by atoms with Crippen LogP contribution in [0.5, 0.6) is 0 Å². The minimum atomic E-state index is -3.38. The number of aliphatic hydroxyl groups excluding tert-OH is 1. The molecular formula is C12H23N3O3S2. The normalized spacial score (nSPS) is 12.6. The van der Waals surface area contributed by atoms with Gasteiger partial charge in [-0.15, -0.1) is 0 Å². The average Bonchev–Trinajstić information content (AvgIpc) is 2.76. The summed E-state index contributed by atoms with van der Waals surface area (Å²) in [6.07, 6.45) is 1.57. The van der Waals surface area contributed by atoms with Crippen LogP contribution in [0.3, 0.4) is 0 Å². The van der Waals surface area contributed by atoms with Crippen molar-refractivity contribution in [2.45, 2.75) is 38.5 Å². The third-order valence-electron chi connectivity index (χ3n) is 3.10. The van der Waals surface area contributed by atoms with E-state index >= 15 is 0 Å². The minimum absolute atomic E-state index is 0.00179. The van der Waals surface area contributed by atoms with E-state index in [-0.39, 0.29) is 28.5 Å². The summed E-state index contributed by atoms with van der Waals surface area (Å²) >= 11 is 1.07. The number of hydrogen-bond acceptors (Lipinski definition) is 7. The summed E-state index contributed by atoms with van der Waals surface area (Å²) in [5, 5.41) is 12.5. The number of nitrogen functional groups attached to an aromatic ring is 1. The standard InChI is InChI=1S/C12H23N3O3S2/c1-4-20(17,18)9-10(13)15-19-11(9)14-8-12(2,3)6-5-7-16/h14,16H,4-8H2,1-3H3,(H2,13,15). The van der Waals surface area contributed by atoms with Gasteiger partial charge in [0.1, 0.15) is 9.90 Å². The Hall–Kier alpha value is -0.860. The summed E-state index contributed by atoms with van der Waals surface area (Å²) < 4.78 is 28.0. The van der Waals surface area contributed by atoms with E-state index in [1.54, 1.807) is 6.92 Å². The molecule has 0 unspecified atom stereocenters. The van der Waals surface area contributed by atoms with Gasteiger partial charge >= 0.3 is 0 Å². The highest BCUT2D eigenvalue weighted by Crippen LogP contribution is 2.33. The molecule has 0 fully saturated rings. The third-order valence-corrected chi connectivity index (χ3v) is 5.85. The SMILES string of the molecule is CCS(=O)(=O)c1c(N)nsc1NCC(C)(C)CCCO. The molecule has 1 aromatic rings. The second-order valence-corrected chi connectivity index (χ2v) is 8.46. The molecule has 0 aromatic carbocycles. The Kier molecular flexibility index (Phi) is 5.79. The summed E-state index contributed by atoms with van der Waals surface area (Å²) in [5.41, 5.74) is 5.62. The first kappa shape index (κ1) is 17.2. The largest absolute Gasteiger partial charge is 0.396 e. The van der Waals surface area contributed by atoms with Crippen molar-refractivity contribution in [2.75, 3.05) is 30.0 Å². The summed E-state index contributed by atoms with van der Waals surface area (Å²) in [6, 6.07) is 0. The molecule has 20 heavy (non-hydrogen) atoms. The van der Waals surface area contributed by atoms with Crippen molar-refractivity contribution in [1.82, 2.24) is 4.37 Å². The number of anilines is 2. The molecule has 0 saturated carbocycles. The molecule has 0 amide bonds. The Morgan fingerprint density at radius 2 is 2.10 bits per heavy atom. The zero-order valence-electron chi connectivity index (χ0n) is 12.1. The van der Waals surface area contributed by atoms with E-state index in [9.17, 15) is 8.42 Å². The lowest BCUT2D eigenvalue weighted by molar-refractivity contribution is 0.248. The van der Waals surface area contributed by atoms with E-state index in [1.165, 1.54) is 0 Å². The minimum Gasteiger partial charge on any atom is -0.396 e. The zero-order chi connectivity index (χ0) is 15.4. The Morgan fingerprint density at radius 3 is 2.65 bits per heavy atom. The highest BCUT2D eigenvalue weighted by atomic mass is 32.2. The lowest BCUT2D eigenvalue weighted by atomic mass is 9.88. The lowest BCUT2D eigenvalue weighted by Gasteiger charge is -2.24. The zero-order valence-corrected chi connectivity index (χ0v) is 13.8. The molecule has 0 spiro atoms. The molecule has 1 heterocycles. The van der Waals surface area contributed by atoms with Gasteiger partial charge in [0.05, 0.1) is 5.75 Å². The average molecular weight is 321 g/mol. The van der Waals surface area contributed by atoms with Gasteiger partial charge < -0.3 is 16.2 Å². The van der Waals surface area contributed by atoms with E-state index in [0.717, 1.165) is 24.4 Å². The van der Waals surface area contributed by atoms with Gasteiger partial charge in [0.15, 0.2) is 15.7 Å². The van der Waals surface area contributed by atoms with E-state index in [2.05, 4.69) is 23.5 Å². The molecule has 116 valence electrons. The highest BCUT2D eigenvalue weighted by Gasteiger charge is 2.25. The van der Waals surface area contributed by atoms with Crippen LogP contribution in [-0.4, -0.2) is 36.8 Å². The van der Waals surface area contributed by atoms with E-state index in [1.807, 2.05) is 0 Å². The van der Waals surface area contributed by atoms with Crippen molar-refractivity contribution in [2.24, 2.45) is 5.41 Å². The predicted molar refractivity (Wildman–Crippen MR) is 82.8 cm³/mol. The highest BCUT2D eigenvalue weighted by molar-refractivity contribution is 7.91. The number of nitrogens with zero attached hydrogens (tertiary/aromatic N) is 1. The molecule has 0 bridgehead atoms. The van der Waals surface area contributed by atoms with Crippen molar-refractivity contribution < 1.29 is 13.5 Å². The number of sulfone groups is 1. The fraction of sp³-hybridized carbons (Fsp3) is 0.750.